The summed E-state index contributed by atoms with van der Waals surface area (Å²) in [6, 6.07) is 6.01. The predicted octanol–water partition coefficient (Wildman–Crippen LogP) is 3.15. The van der Waals surface area contributed by atoms with Gasteiger partial charge in [-0.1, -0.05) is 17.2 Å². The summed E-state index contributed by atoms with van der Waals surface area (Å²) in [5.41, 5.74) is 3.36. The molecule has 1 fully saturated rings. The second-order valence-electron chi connectivity index (χ2n) is 6.85. The summed E-state index contributed by atoms with van der Waals surface area (Å²) in [4.78, 5) is 26.6. The largest absolute Gasteiger partial charge is 0.462 e. The summed E-state index contributed by atoms with van der Waals surface area (Å²) in [6.45, 7) is 7.46. The number of ether oxygens (including phenoxy) is 1. The van der Waals surface area contributed by atoms with Gasteiger partial charge in [-0.05, 0) is 45.7 Å². The summed E-state index contributed by atoms with van der Waals surface area (Å²) in [5, 5.41) is 4.32. The van der Waals surface area contributed by atoms with Crippen LogP contribution in [0.15, 0.2) is 30.6 Å². The number of likely N-dealkylation sites (tertiary alicyclic amines) is 1. The molecule has 1 aromatic heterocycles. The van der Waals surface area contributed by atoms with E-state index in [1.54, 1.807) is 17.8 Å². The third kappa shape index (κ3) is 3.95. The summed E-state index contributed by atoms with van der Waals surface area (Å²) < 4.78 is 6.80. The number of piperidine rings is 1. The van der Waals surface area contributed by atoms with Gasteiger partial charge in [0.15, 0.2) is 0 Å². The van der Waals surface area contributed by atoms with Gasteiger partial charge in [0.25, 0.3) is 5.91 Å². The van der Waals surface area contributed by atoms with Gasteiger partial charge in [0.2, 0.25) is 0 Å². The first-order valence-electron chi connectivity index (χ1n) is 9.06. The lowest BCUT2D eigenvalue weighted by Gasteiger charge is -2.33. The smallest absolute Gasteiger partial charge is 0.341 e. The molecule has 0 N–H and O–H groups in total. The zero-order valence-electron chi connectivity index (χ0n) is 15.6. The van der Waals surface area contributed by atoms with Crippen LogP contribution >= 0.6 is 0 Å². The van der Waals surface area contributed by atoms with Crippen molar-refractivity contribution in [2.24, 2.45) is 0 Å². The SMILES string of the molecule is CCOC(=O)c1cnn(C2CCCN(C(=O)c3cc(C)cc(C)c3)C2)c1. The summed E-state index contributed by atoms with van der Waals surface area (Å²) in [6.07, 6.45) is 5.09. The number of carbonyl (C=O) groups is 2. The van der Waals surface area contributed by atoms with Crippen LogP contribution in [0.3, 0.4) is 0 Å². The molecule has 1 unspecified atom stereocenters. The Bertz CT molecular complexity index is 792. The number of nitrogens with zero attached hydrogens (tertiary/aromatic N) is 3. The van der Waals surface area contributed by atoms with Crippen LogP contribution in [-0.4, -0.2) is 46.3 Å². The van der Waals surface area contributed by atoms with Crippen LogP contribution in [0.4, 0.5) is 0 Å². The molecule has 26 heavy (non-hydrogen) atoms. The molecule has 0 spiro atoms. The standard InChI is InChI=1S/C20H25N3O3/c1-4-26-20(25)17-11-21-23(12-17)18-6-5-7-22(13-18)19(24)16-9-14(2)8-15(3)10-16/h8-12,18H,4-7,13H2,1-3H3. The molecule has 0 saturated carbocycles. The van der Waals surface area contributed by atoms with E-state index in [4.69, 9.17) is 4.74 Å². The average Bonchev–Trinajstić information content (AvgIpc) is 3.11. The van der Waals surface area contributed by atoms with E-state index < -0.39 is 0 Å². The number of rotatable bonds is 4. The van der Waals surface area contributed by atoms with Gasteiger partial charge in [0.1, 0.15) is 0 Å². The third-order valence-electron chi connectivity index (χ3n) is 4.64. The van der Waals surface area contributed by atoms with E-state index in [2.05, 4.69) is 11.2 Å². The molecular formula is C20H25N3O3. The maximum Gasteiger partial charge on any atom is 0.341 e. The molecule has 1 amide bonds. The van der Waals surface area contributed by atoms with E-state index in [1.165, 1.54) is 6.20 Å². The minimum Gasteiger partial charge on any atom is -0.462 e. The van der Waals surface area contributed by atoms with Crippen LogP contribution < -0.4 is 0 Å². The lowest BCUT2D eigenvalue weighted by Crippen LogP contribution is -2.40. The lowest BCUT2D eigenvalue weighted by atomic mass is 10.0. The molecule has 1 aromatic carbocycles. The van der Waals surface area contributed by atoms with Gasteiger partial charge in [-0.15, -0.1) is 0 Å². The first-order valence-corrected chi connectivity index (χ1v) is 9.06. The van der Waals surface area contributed by atoms with Crippen molar-refractivity contribution in [3.63, 3.8) is 0 Å². The van der Waals surface area contributed by atoms with Crippen LogP contribution in [0, 0.1) is 13.8 Å². The molecule has 2 heterocycles. The van der Waals surface area contributed by atoms with E-state index in [-0.39, 0.29) is 17.9 Å². The van der Waals surface area contributed by atoms with Gasteiger partial charge in [0, 0.05) is 24.8 Å². The van der Waals surface area contributed by atoms with Crippen molar-refractivity contribution in [2.75, 3.05) is 19.7 Å². The highest BCUT2D eigenvalue weighted by Gasteiger charge is 2.26. The fourth-order valence-corrected chi connectivity index (χ4v) is 3.49. The number of aromatic nitrogens is 2. The zero-order valence-corrected chi connectivity index (χ0v) is 15.6. The quantitative estimate of drug-likeness (QED) is 0.790. The molecule has 3 rings (SSSR count). The van der Waals surface area contributed by atoms with Crippen molar-refractivity contribution in [3.8, 4) is 0 Å². The molecule has 138 valence electrons. The predicted molar refractivity (Wildman–Crippen MR) is 98.3 cm³/mol. The van der Waals surface area contributed by atoms with Gasteiger partial charge in [-0.2, -0.15) is 5.10 Å². The molecular weight excluding hydrogens is 330 g/mol. The Labute approximate surface area is 153 Å². The maximum absolute atomic E-state index is 12.9. The molecule has 2 aromatic rings. The molecule has 0 bridgehead atoms. The average molecular weight is 355 g/mol. The van der Waals surface area contributed by atoms with E-state index in [0.717, 1.165) is 36.1 Å². The summed E-state index contributed by atoms with van der Waals surface area (Å²) in [5.74, 6) is -0.308. The van der Waals surface area contributed by atoms with Gasteiger partial charge in [0.05, 0.1) is 24.4 Å². The first kappa shape index (κ1) is 18.2. The Kier molecular flexibility index (Phi) is 5.40. The van der Waals surface area contributed by atoms with Crippen molar-refractivity contribution in [3.05, 3.63) is 52.8 Å². The minimum absolute atomic E-state index is 0.0549. The number of esters is 1. The Hall–Kier alpha value is -2.63. The van der Waals surface area contributed by atoms with Crippen molar-refractivity contribution >= 4 is 11.9 Å². The van der Waals surface area contributed by atoms with Crippen LogP contribution in [0.1, 0.15) is 57.7 Å². The molecule has 1 aliphatic heterocycles. The normalized spacial score (nSPS) is 17.2. The highest BCUT2D eigenvalue weighted by atomic mass is 16.5. The van der Waals surface area contributed by atoms with Crippen LogP contribution in [-0.2, 0) is 4.74 Å². The summed E-state index contributed by atoms with van der Waals surface area (Å²) in [7, 11) is 0. The van der Waals surface area contributed by atoms with Crippen molar-refractivity contribution < 1.29 is 14.3 Å². The Morgan fingerprint density at radius 1 is 1.19 bits per heavy atom. The fraction of sp³-hybridized carbons (Fsp3) is 0.450. The number of aryl methyl sites for hydroxylation is 2. The number of carbonyl (C=O) groups excluding carboxylic acids is 2. The number of hydrogen-bond donors (Lipinski definition) is 0. The Morgan fingerprint density at radius 2 is 1.92 bits per heavy atom. The molecule has 6 heteroatoms. The monoisotopic (exact) mass is 355 g/mol. The van der Waals surface area contributed by atoms with Crippen molar-refractivity contribution in [1.29, 1.82) is 0 Å². The van der Waals surface area contributed by atoms with Gasteiger partial charge >= 0.3 is 5.97 Å². The van der Waals surface area contributed by atoms with Crippen molar-refractivity contribution in [2.45, 2.75) is 39.7 Å². The van der Waals surface area contributed by atoms with E-state index in [0.29, 0.717) is 18.7 Å². The number of amides is 1. The fourth-order valence-electron chi connectivity index (χ4n) is 3.49. The zero-order chi connectivity index (χ0) is 18.7. The highest BCUT2D eigenvalue weighted by Crippen LogP contribution is 2.23. The first-order chi connectivity index (χ1) is 12.5. The molecule has 1 saturated heterocycles. The van der Waals surface area contributed by atoms with Gasteiger partial charge in [-0.3, -0.25) is 9.48 Å². The van der Waals surface area contributed by atoms with Crippen molar-refractivity contribution in [1.82, 2.24) is 14.7 Å². The van der Waals surface area contributed by atoms with E-state index >= 15 is 0 Å². The summed E-state index contributed by atoms with van der Waals surface area (Å²) >= 11 is 0. The minimum atomic E-state index is -0.363. The Morgan fingerprint density at radius 3 is 2.62 bits per heavy atom. The second kappa shape index (κ2) is 7.72. The van der Waals surface area contributed by atoms with Gasteiger partial charge in [-0.25, -0.2) is 4.79 Å². The third-order valence-corrected chi connectivity index (χ3v) is 4.64. The van der Waals surface area contributed by atoms with Crippen LogP contribution in [0.25, 0.3) is 0 Å². The van der Waals surface area contributed by atoms with E-state index in [9.17, 15) is 9.59 Å². The topological polar surface area (TPSA) is 64.4 Å². The molecule has 0 radical (unpaired) electrons. The highest BCUT2D eigenvalue weighted by molar-refractivity contribution is 5.94. The lowest BCUT2D eigenvalue weighted by molar-refractivity contribution is 0.0525. The van der Waals surface area contributed by atoms with Crippen LogP contribution in [0.2, 0.25) is 0 Å². The maximum atomic E-state index is 12.9. The second-order valence-corrected chi connectivity index (χ2v) is 6.85. The van der Waals surface area contributed by atoms with Gasteiger partial charge < -0.3 is 9.64 Å². The number of benzene rings is 1. The number of hydrogen-bond acceptors (Lipinski definition) is 4. The Balaban J connectivity index is 1.73. The van der Waals surface area contributed by atoms with E-state index in [1.807, 2.05) is 30.9 Å². The van der Waals surface area contributed by atoms with Crippen LogP contribution in [0.5, 0.6) is 0 Å². The molecule has 0 aliphatic carbocycles. The molecule has 1 atom stereocenters. The molecule has 1 aliphatic rings. The molecule has 6 nitrogen and oxygen atoms in total.